The lowest BCUT2D eigenvalue weighted by atomic mass is 9.94. The highest BCUT2D eigenvalue weighted by Crippen LogP contribution is 2.17. The van der Waals surface area contributed by atoms with Crippen molar-refractivity contribution in [2.45, 2.75) is 25.8 Å². The summed E-state index contributed by atoms with van der Waals surface area (Å²) in [5, 5.41) is 8.72. The van der Waals surface area contributed by atoms with Crippen molar-refractivity contribution in [3.05, 3.63) is 35.4 Å². The quantitative estimate of drug-likeness (QED) is 0.737. The van der Waals surface area contributed by atoms with Crippen LogP contribution in [-0.2, 0) is 12.0 Å². The van der Waals surface area contributed by atoms with Crippen molar-refractivity contribution in [2.24, 2.45) is 5.73 Å². The second kappa shape index (κ2) is 3.90. The summed E-state index contributed by atoms with van der Waals surface area (Å²) in [4.78, 5) is 0. The first-order chi connectivity index (χ1) is 6.04. The van der Waals surface area contributed by atoms with E-state index in [0.717, 1.165) is 11.1 Å². The van der Waals surface area contributed by atoms with Crippen LogP contribution in [0.5, 0.6) is 0 Å². The highest BCUT2D eigenvalue weighted by molar-refractivity contribution is 5.27. The molecule has 0 amide bonds. The second-order valence-electron chi connectivity index (χ2n) is 3.89. The molecule has 3 N–H and O–H groups in total. The molecular formula is C11H17NO. The molecule has 0 atom stereocenters. The standard InChI is InChI=1S/C11H17NO/c1-11(2,12)10-5-3-9(4-6-10)7-8-13/h3-6,13H,7-8,12H2,1-2H3. The van der Waals surface area contributed by atoms with Gasteiger partial charge in [0.1, 0.15) is 0 Å². The smallest absolute Gasteiger partial charge is 0.0471 e. The van der Waals surface area contributed by atoms with E-state index in [9.17, 15) is 0 Å². The molecule has 1 aromatic rings. The Balaban J connectivity index is 2.81. The summed E-state index contributed by atoms with van der Waals surface area (Å²) in [7, 11) is 0. The molecule has 1 rings (SSSR count). The molecule has 2 heteroatoms. The van der Waals surface area contributed by atoms with Crippen LogP contribution < -0.4 is 5.73 Å². The van der Waals surface area contributed by atoms with Crippen LogP contribution in [0.1, 0.15) is 25.0 Å². The van der Waals surface area contributed by atoms with E-state index in [1.807, 2.05) is 38.1 Å². The van der Waals surface area contributed by atoms with Gasteiger partial charge in [0.15, 0.2) is 0 Å². The van der Waals surface area contributed by atoms with Gasteiger partial charge in [-0.25, -0.2) is 0 Å². The van der Waals surface area contributed by atoms with Crippen LogP contribution in [-0.4, -0.2) is 11.7 Å². The number of rotatable bonds is 3. The Labute approximate surface area is 79.4 Å². The summed E-state index contributed by atoms with van der Waals surface area (Å²) < 4.78 is 0. The van der Waals surface area contributed by atoms with Crippen molar-refractivity contribution in [1.82, 2.24) is 0 Å². The van der Waals surface area contributed by atoms with Crippen LogP contribution in [0.25, 0.3) is 0 Å². The molecule has 0 radical (unpaired) electrons. The molecule has 1 aromatic carbocycles. The summed E-state index contributed by atoms with van der Waals surface area (Å²) in [6, 6.07) is 8.07. The number of benzene rings is 1. The van der Waals surface area contributed by atoms with Crippen LogP contribution in [0.4, 0.5) is 0 Å². The highest BCUT2D eigenvalue weighted by Gasteiger charge is 2.12. The van der Waals surface area contributed by atoms with Gasteiger partial charge in [0.2, 0.25) is 0 Å². The van der Waals surface area contributed by atoms with Gasteiger partial charge in [0.25, 0.3) is 0 Å². The molecule has 0 spiro atoms. The normalized spacial score (nSPS) is 11.7. The predicted octanol–water partition coefficient (Wildman–Crippen LogP) is 1.42. The maximum atomic E-state index is 8.72. The number of nitrogens with two attached hydrogens (primary N) is 1. The van der Waals surface area contributed by atoms with Gasteiger partial charge in [-0.15, -0.1) is 0 Å². The summed E-state index contributed by atoms with van der Waals surface area (Å²) in [6.07, 6.45) is 0.714. The Morgan fingerprint density at radius 2 is 1.77 bits per heavy atom. The predicted molar refractivity (Wildman–Crippen MR) is 54.4 cm³/mol. The highest BCUT2D eigenvalue weighted by atomic mass is 16.2. The van der Waals surface area contributed by atoms with E-state index in [1.165, 1.54) is 0 Å². The zero-order valence-electron chi connectivity index (χ0n) is 8.25. The van der Waals surface area contributed by atoms with E-state index in [4.69, 9.17) is 10.8 Å². The van der Waals surface area contributed by atoms with Gasteiger partial charge in [-0.3, -0.25) is 0 Å². The average Bonchev–Trinajstić information content (AvgIpc) is 2.04. The molecule has 0 aliphatic rings. The first-order valence-corrected chi connectivity index (χ1v) is 4.53. The van der Waals surface area contributed by atoms with Crippen molar-refractivity contribution in [3.8, 4) is 0 Å². The first kappa shape index (κ1) is 10.2. The third-order valence-corrected chi connectivity index (χ3v) is 2.10. The third-order valence-electron chi connectivity index (χ3n) is 2.10. The lowest BCUT2D eigenvalue weighted by Gasteiger charge is -2.19. The Kier molecular flexibility index (Phi) is 3.07. The lowest BCUT2D eigenvalue weighted by Crippen LogP contribution is -2.28. The molecule has 0 saturated carbocycles. The van der Waals surface area contributed by atoms with E-state index in [2.05, 4.69) is 0 Å². The van der Waals surface area contributed by atoms with E-state index < -0.39 is 0 Å². The van der Waals surface area contributed by atoms with E-state index in [-0.39, 0.29) is 12.1 Å². The van der Waals surface area contributed by atoms with Crippen molar-refractivity contribution in [3.63, 3.8) is 0 Å². The van der Waals surface area contributed by atoms with Crippen LogP contribution in [0, 0.1) is 0 Å². The SMILES string of the molecule is CC(C)(N)c1ccc(CCO)cc1. The summed E-state index contributed by atoms with van der Waals surface area (Å²) in [5.41, 5.74) is 7.92. The van der Waals surface area contributed by atoms with Gasteiger partial charge in [-0.1, -0.05) is 24.3 Å². The molecule has 0 aliphatic heterocycles. The van der Waals surface area contributed by atoms with E-state index in [1.54, 1.807) is 0 Å². The molecule has 0 unspecified atom stereocenters. The fourth-order valence-corrected chi connectivity index (χ4v) is 1.23. The molecule has 0 saturated heterocycles. The summed E-state index contributed by atoms with van der Waals surface area (Å²) in [6.45, 7) is 4.16. The first-order valence-electron chi connectivity index (χ1n) is 4.53. The van der Waals surface area contributed by atoms with Crippen LogP contribution in [0.2, 0.25) is 0 Å². The Hall–Kier alpha value is -0.860. The van der Waals surface area contributed by atoms with Crippen molar-refractivity contribution >= 4 is 0 Å². The lowest BCUT2D eigenvalue weighted by molar-refractivity contribution is 0.299. The van der Waals surface area contributed by atoms with Gasteiger partial charge >= 0.3 is 0 Å². The van der Waals surface area contributed by atoms with E-state index in [0.29, 0.717) is 6.42 Å². The fraction of sp³-hybridized carbons (Fsp3) is 0.455. The Bertz CT molecular complexity index is 258. The topological polar surface area (TPSA) is 46.2 Å². The van der Waals surface area contributed by atoms with Crippen LogP contribution >= 0.6 is 0 Å². The minimum atomic E-state index is -0.280. The number of hydrogen-bond donors (Lipinski definition) is 2. The zero-order valence-corrected chi connectivity index (χ0v) is 8.25. The molecule has 0 bridgehead atoms. The summed E-state index contributed by atoms with van der Waals surface area (Å²) >= 11 is 0. The minimum Gasteiger partial charge on any atom is -0.396 e. The van der Waals surface area contributed by atoms with Gasteiger partial charge < -0.3 is 10.8 Å². The second-order valence-corrected chi connectivity index (χ2v) is 3.89. The summed E-state index contributed by atoms with van der Waals surface area (Å²) in [5.74, 6) is 0. The molecule has 0 aliphatic carbocycles. The molecule has 0 fully saturated rings. The van der Waals surface area contributed by atoms with Gasteiger partial charge in [0, 0.05) is 12.1 Å². The molecule has 0 aromatic heterocycles. The Morgan fingerprint density at radius 3 is 2.15 bits per heavy atom. The van der Waals surface area contributed by atoms with Crippen LogP contribution in [0.3, 0.4) is 0 Å². The third kappa shape index (κ3) is 2.83. The minimum absolute atomic E-state index is 0.200. The monoisotopic (exact) mass is 179 g/mol. The number of hydrogen-bond acceptors (Lipinski definition) is 2. The van der Waals surface area contributed by atoms with E-state index >= 15 is 0 Å². The van der Waals surface area contributed by atoms with Crippen molar-refractivity contribution < 1.29 is 5.11 Å². The maximum absolute atomic E-state index is 8.72. The van der Waals surface area contributed by atoms with Gasteiger partial charge in [-0.2, -0.15) is 0 Å². The maximum Gasteiger partial charge on any atom is 0.0471 e. The van der Waals surface area contributed by atoms with Crippen LogP contribution in [0.15, 0.2) is 24.3 Å². The van der Waals surface area contributed by atoms with Crippen molar-refractivity contribution in [1.29, 1.82) is 0 Å². The molecule has 0 heterocycles. The van der Waals surface area contributed by atoms with Crippen molar-refractivity contribution in [2.75, 3.05) is 6.61 Å². The molecule has 2 nitrogen and oxygen atoms in total. The number of aliphatic hydroxyl groups is 1. The van der Waals surface area contributed by atoms with Gasteiger partial charge in [0.05, 0.1) is 0 Å². The number of aliphatic hydroxyl groups excluding tert-OH is 1. The largest absolute Gasteiger partial charge is 0.396 e. The molecule has 72 valence electrons. The Morgan fingerprint density at radius 1 is 1.23 bits per heavy atom. The van der Waals surface area contributed by atoms with Gasteiger partial charge in [-0.05, 0) is 31.4 Å². The average molecular weight is 179 g/mol. The molecule has 13 heavy (non-hydrogen) atoms. The fourth-order valence-electron chi connectivity index (χ4n) is 1.23. The molecular weight excluding hydrogens is 162 g/mol. The zero-order chi connectivity index (χ0) is 9.90.